The molecule has 136 valence electrons. The average molecular weight is 389 g/mol. The zero-order chi connectivity index (χ0) is 18.5. The summed E-state index contributed by atoms with van der Waals surface area (Å²) >= 11 is 2.82. The Hall–Kier alpha value is -2.01. The molecule has 5 nitrogen and oxygen atoms in total. The van der Waals surface area contributed by atoms with E-state index in [1.807, 2.05) is 30.5 Å². The maximum atomic E-state index is 12.4. The standard InChI is InChI=1S/C19H20N2O3S2/c1-4-24-18(22)17-15(16(20-2)19(25-3)26-17)13-5-7-14(8-6-13)21-9-11-23-12-10-21/h5-8H,4,9-12H2,1,3H3. The van der Waals surface area contributed by atoms with Crippen LogP contribution in [0.1, 0.15) is 16.6 Å². The number of thiophene rings is 1. The lowest BCUT2D eigenvalue weighted by Crippen LogP contribution is -2.36. The number of esters is 1. The van der Waals surface area contributed by atoms with E-state index in [1.165, 1.54) is 23.1 Å². The molecular formula is C19H20N2O3S2. The topological polar surface area (TPSA) is 43.1 Å². The number of carbonyl (C=O) groups excluding carboxylic acids is 1. The van der Waals surface area contributed by atoms with Crippen molar-refractivity contribution in [3.8, 4) is 11.1 Å². The van der Waals surface area contributed by atoms with Crippen LogP contribution in [0.5, 0.6) is 0 Å². The summed E-state index contributed by atoms with van der Waals surface area (Å²) in [5.41, 5.74) is 3.21. The maximum absolute atomic E-state index is 12.4. The van der Waals surface area contributed by atoms with Gasteiger partial charge >= 0.3 is 5.97 Å². The molecule has 0 N–H and O–H groups in total. The van der Waals surface area contributed by atoms with Gasteiger partial charge in [-0.15, -0.1) is 23.1 Å². The van der Waals surface area contributed by atoms with Crippen LogP contribution >= 0.6 is 23.1 Å². The maximum Gasteiger partial charge on any atom is 0.347 e. The number of thioether (sulfide) groups is 1. The Kier molecular flexibility index (Phi) is 6.20. The van der Waals surface area contributed by atoms with Crippen LogP contribution in [-0.2, 0) is 9.47 Å². The fourth-order valence-corrected chi connectivity index (χ4v) is 4.72. The quantitative estimate of drug-likeness (QED) is 0.422. The molecule has 1 aromatic heterocycles. The van der Waals surface area contributed by atoms with Crippen molar-refractivity contribution >= 4 is 40.4 Å². The van der Waals surface area contributed by atoms with Crippen molar-refractivity contribution in [3.63, 3.8) is 0 Å². The summed E-state index contributed by atoms with van der Waals surface area (Å²) in [4.78, 5) is 18.9. The number of hydrogen-bond donors (Lipinski definition) is 0. The van der Waals surface area contributed by atoms with E-state index in [0.29, 0.717) is 22.7 Å². The lowest BCUT2D eigenvalue weighted by atomic mass is 10.0. The first-order valence-electron chi connectivity index (χ1n) is 8.38. The molecule has 3 rings (SSSR count). The van der Waals surface area contributed by atoms with E-state index in [0.717, 1.165) is 41.8 Å². The van der Waals surface area contributed by atoms with E-state index in [-0.39, 0.29) is 5.97 Å². The van der Waals surface area contributed by atoms with Crippen molar-refractivity contribution in [2.75, 3.05) is 44.1 Å². The summed E-state index contributed by atoms with van der Waals surface area (Å²) in [6.45, 7) is 12.9. The second-order valence-electron chi connectivity index (χ2n) is 5.62. The predicted octanol–water partition coefficient (Wildman–Crippen LogP) is 4.70. The highest BCUT2D eigenvalue weighted by molar-refractivity contribution is 8.00. The SMILES string of the molecule is [C-]#[N+]c1c(SC)sc(C(=O)OCC)c1-c1ccc(N2CCOCC2)cc1. The summed E-state index contributed by atoms with van der Waals surface area (Å²) in [7, 11) is 0. The number of benzene rings is 1. The van der Waals surface area contributed by atoms with E-state index in [9.17, 15) is 4.79 Å². The number of anilines is 1. The van der Waals surface area contributed by atoms with Crippen molar-refractivity contribution in [2.45, 2.75) is 11.1 Å². The highest BCUT2D eigenvalue weighted by Gasteiger charge is 2.25. The summed E-state index contributed by atoms with van der Waals surface area (Å²) in [5.74, 6) is -0.366. The molecule has 0 spiro atoms. The molecule has 0 saturated carbocycles. The highest BCUT2D eigenvalue weighted by Crippen LogP contribution is 2.47. The van der Waals surface area contributed by atoms with E-state index in [1.54, 1.807) is 6.92 Å². The van der Waals surface area contributed by atoms with Crippen molar-refractivity contribution in [1.29, 1.82) is 0 Å². The molecule has 2 heterocycles. The van der Waals surface area contributed by atoms with Crippen molar-refractivity contribution < 1.29 is 14.3 Å². The molecule has 7 heteroatoms. The molecule has 1 aliphatic heterocycles. The van der Waals surface area contributed by atoms with Gasteiger partial charge in [0, 0.05) is 24.3 Å². The first-order valence-corrected chi connectivity index (χ1v) is 10.4. The van der Waals surface area contributed by atoms with Crippen LogP contribution in [0.25, 0.3) is 16.0 Å². The molecule has 0 bridgehead atoms. The highest BCUT2D eigenvalue weighted by atomic mass is 32.2. The zero-order valence-electron chi connectivity index (χ0n) is 14.8. The van der Waals surface area contributed by atoms with Crippen LogP contribution in [-0.4, -0.2) is 45.1 Å². The Morgan fingerprint density at radius 2 is 2.04 bits per heavy atom. The number of ether oxygens (including phenoxy) is 2. The number of rotatable bonds is 5. The van der Waals surface area contributed by atoms with Gasteiger partial charge in [-0.1, -0.05) is 12.1 Å². The monoisotopic (exact) mass is 388 g/mol. The minimum absolute atomic E-state index is 0.314. The Labute approximate surface area is 161 Å². The predicted molar refractivity (Wildman–Crippen MR) is 107 cm³/mol. The van der Waals surface area contributed by atoms with Crippen LogP contribution in [0.2, 0.25) is 0 Å². The third kappa shape index (κ3) is 3.73. The second-order valence-corrected chi connectivity index (χ2v) is 7.72. The van der Waals surface area contributed by atoms with Crippen molar-refractivity contribution in [2.24, 2.45) is 0 Å². The Morgan fingerprint density at radius 1 is 1.35 bits per heavy atom. The van der Waals surface area contributed by atoms with Gasteiger partial charge in [-0.05, 0) is 30.9 Å². The fraction of sp³-hybridized carbons (Fsp3) is 0.368. The fourth-order valence-electron chi connectivity index (χ4n) is 2.91. The van der Waals surface area contributed by atoms with Gasteiger partial charge in [-0.25, -0.2) is 9.64 Å². The van der Waals surface area contributed by atoms with Gasteiger partial charge in [-0.2, -0.15) is 0 Å². The summed E-state index contributed by atoms with van der Waals surface area (Å²) < 4.78 is 11.4. The molecule has 1 aromatic carbocycles. The van der Waals surface area contributed by atoms with Crippen LogP contribution in [0.15, 0.2) is 28.5 Å². The molecule has 1 aliphatic rings. The molecule has 1 saturated heterocycles. The summed E-state index contributed by atoms with van der Waals surface area (Å²) in [5, 5.41) is 0. The van der Waals surface area contributed by atoms with E-state index < -0.39 is 0 Å². The molecule has 0 aliphatic carbocycles. The Balaban J connectivity index is 2.00. The first-order chi connectivity index (χ1) is 12.7. The third-order valence-corrected chi connectivity index (χ3v) is 6.41. The molecule has 26 heavy (non-hydrogen) atoms. The number of carbonyl (C=O) groups is 1. The minimum atomic E-state index is -0.366. The minimum Gasteiger partial charge on any atom is -0.462 e. The van der Waals surface area contributed by atoms with Crippen molar-refractivity contribution in [1.82, 2.24) is 0 Å². The average Bonchev–Trinajstić information content (AvgIpc) is 3.08. The van der Waals surface area contributed by atoms with Crippen LogP contribution < -0.4 is 4.90 Å². The molecule has 0 atom stereocenters. The van der Waals surface area contributed by atoms with E-state index in [4.69, 9.17) is 16.0 Å². The molecule has 1 fully saturated rings. The van der Waals surface area contributed by atoms with Gasteiger partial charge in [0.05, 0.1) is 30.6 Å². The lowest BCUT2D eigenvalue weighted by Gasteiger charge is -2.29. The van der Waals surface area contributed by atoms with Gasteiger partial charge < -0.3 is 14.4 Å². The van der Waals surface area contributed by atoms with Gasteiger partial charge in [0.2, 0.25) is 5.69 Å². The summed E-state index contributed by atoms with van der Waals surface area (Å²) in [6, 6.07) is 8.04. The Morgan fingerprint density at radius 3 is 2.62 bits per heavy atom. The van der Waals surface area contributed by atoms with Gasteiger partial charge in [0.15, 0.2) is 0 Å². The molecular weight excluding hydrogens is 368 g/mol. The number of morpholine rings is 1. The number of hydrogen-bond acceptors (Lipinski definition) is 6. The van der Waals surface area contributed by atoms with Crippen LogP contribution in [0.4, 0.5) is 11.4 Å². The van der Waals surface area contributed by atoms with E-state index >= 15 is 0 Å². The second kappa shape index (κ2) is 8.58. The van der Waals surface area contributed by atoms with Gasteiger partial charge in [0.1, 0.15) is 4.88 Å². The number of nitrogens with zero attached hydrogens (tertiary/aromatic N) is 2. The van der Waals surface area contributed by atoms with E-state index in [2.05, 4.69) is 9.74 Å². The molecule has 0 radical (unpaired) electrons. The van der Waals surface area contributed by atoms with Gasteiger partial charge in [-0.3, -0.25) is 0 Å². The molecule has 0 unspecified atom stereocenters. The van der Waals surface area contributed by atoms with Crippen LogP contribution in [0, 0.1) is 6.57 Å². The molecule has 0 amide bonds. The van der Waals surface area contributed by atoms with Crippen LogP contribution in [0.3, 0.4) is 0 Å². The smallest absolute Gasteiger partial charge is 0.347 e. The summed E-state index contributed by atoms with van der Waals surface area (Å²) in [6.07, 6.45) is 1.92. The zero-order valence-corrected chi connectivity index (χ0v) is 16.4. The largest absolute Gasteiger partial charge is 0.462 e. The lowest BCUT2D eigenvalue weighted by molar-refractivity contribution is 0.0533. The van der Waals surface area contributed by atoms with Crippen molar-refractivity contribution in [3.05, 3.63) is 40.6 Å². The Bertz CT molecular complexity index is 819. The van der Waals surface area contributed by atoms with Gasteiger partial charge in [0.25, 0.3) is 0 Å². The molecule has 2 aromatic rings. The third-order valence-electron chi connectivity index (χ3n) is 4.14. The normalized spacial score (nSPS) is 14.1. The first kappa shape index (κ1) is 18.8.